The van der Waals surface area contributed by atoms with Gasteiger partial charge >= 0.3 is 0 Å². The predicted molar refractivity (Wildman–Crippen MR) is 84.6 cm³/mol. The second-order valence-corrected chi connectivity index (χ2v) is 7.15. The Kier molecular flexibility index (Phi) is 5.66. The van der Waals surface area contributed by atoms with Gasteiger partial charge in [0.1, 0.15) is 5.51 Å². The van der Waals surface area contributed by atoms with Gasteiger partial charge in [0, 0.05) is 6.54 Å². The van der Waals surface area contributed by atoms with Crippen molar-refractivity contribution < 1.29 is 8.42 Å². The van der Waals surface area contributed by atoms with E-state index in [4.69, 9.17) is 0 Å². The summed E-state index contributed by atoms with van der Waals surface area (Å²) in [5.41, 5.74) is 3.36. The topological polar surface area (TPSA) is 84.0 Å². The van der Waals surface area contributed by atoms with Gasteiger partial charge in [-0.15, -0.1) is 10.2 Å². The van der Waals surface area contributed by atoms with Gasteiger partial charge in [0.25, 0.3) is 0 Å². The van der Waals surface area contributed by atoms with Crippen LogP contribution in [0.3, 0.4) is 0 Å². The molecule has 1 aromatic carbocycles. The molecule has 0 unspecified atom stereocenters. The van der Waals surface area contributed by atoms with Crippen LogP contribution in [0.5, 0.6) is 0 Å². The normalized spacial score (nSPS) is 11.5. The average Bonchev–Trinajstić information content (AvgIpc) is 2.92. The largest absolute Gasteiger partial charge is 0.313 e. The third-order valence-electron chi connectivity index (χ3n) is 2.74. The summed E-state index contributed by atoms with van der Waals surface area (Å²) in [4.78, 5) is 0. The summed E-state index contributed by atoms with van der Waals surface area (Å²) >= 11 is 1.15. The molecule has 8 heteroatoms. The Morgan fingerprint density at radius 1 is 1.19 bits per heavy atom. The first-order chi connectivity index (χ1) is 10.1. The molecule has 21 heavy (non-hydrogen) atoms. The highest BCUT2D eigenvalue weighted by Crippen LogP contribution is 2.14. The van der Waals surface area contributed by atoms with Crippen molar-refractivity contribution in [3.05, 3.63) is 40.9 Å². The molecule has 0 radical (unpaired) electrons. The van der Waals surface area contributed by atoms with Crippen molar-refractivity contribution >= 4 is 26.5 Å². The molecular formula is C13H18N4O2S2. The number of rotatable bonds is 8. The van der Waals surface area contributed by atoms with Crippen LogP contribution in [-0.4, -0.2) is 25.2 Å². The lowest BCUT2D eigenvalue weighted by Gasteiger charge is -2.07. The van der Waals surface area contributed by atoms with Gasteiger partial charge in [-0.25, -0.2) is 8.42 Å². The number of hydrogen-bond donors (Lipinski definition) is 2. The van der Waals surface area contributed by atoms with E-state index in [1.807, 2.05) is 24.3 Å². The summed E-state index contributed by atoms with van der Waals surface area (Å²) in [5.74, 6) is -0.0742. The van der Waals surface area contributed by atoms with Crippen LogP contribution in [0.4, 0.5) is 5.13 Å². The summed E-state index contributed by atoms with van der Waals surface area (Å²) in [6.07, 6.45) is 1.09. The summed E-state index contributed by atoms with van der Waals surface area (Å²) in [5, 5.41) is 10.9. The molecule has 6 nitrogen and oxygen atoms in total. The van der Waals surface area contributed by atoms with Gasteiger partial charge in [0.05, 0.1) is 5.75 Å². The minimum absolute atomic E-state index is 0.0742. The van der Waals surface area contributed by atoms with Crippen LogP contribution in [0.15, 0.2) is 29.8 Å². The second kappa shape index (κ2) is 7.48. The molecule has 2 rings (SSSR count). The zero-order valence-corrected chi connectivity index (χ0v) is 13.4. The van der Waals surface area contributed by atoms with Crippen LogP contribution in [-0.2, 0) is 22.3 Å². The van der Waals surface area contributed by atoms with Gasteiger partial charge in [-0.2, -0.15) is 0 Å². The number of hydrogen-bond acceptors (Lipinski definition) is 6. The van der Waals surface area contributed by atoms with Crippen molar-refractivity contribution in [3.8, 4) is 0 Å². The summed E-state index contributed by atoms with van der Waals surface area (Å²) in [6, 6.07) is 7.56. The molecule has 0 bridgehead atoms. The highest BCUT2D eigenvalue weighted by Gasteiger charge is 2.13. The zero-order chi connectivity index (χ0) is 15.1. The Hall–Kier alpha value is -1.51. The molecule has 0 fully saturated rings. The molecule has 2 aromatic rings. The van der Waals surface area contributed by atoms with Crippen molar-refractivity contribution in [2.75, 3.05) is 11.3 Å². The molecule has 0 spiro atoms. The van der Waals surface area contributed by atoms with Crippen molar-refractivity contribution in [1.29, 1.82) is 0 Å². The monoisotopic (exact) mass is 326 g/mol. The van der Waals surface area contributed by atoms with E-state index in [9.17, 15) is 8.42 Å². The fourth-order valence-electron chi connectivity index (χ4n) is 1.77. The number of nitrogens with one attached hydrogen (secondary N) is 2. The van der Waals surface area contributed by atoms with E-state index in [0.29, 0.717) is 0 Å². The average molecular weight is 326 g/mol. The summed E-state index contributed by atoms with van der Waals surface area (Å²) < 4.78 is 26.4. The smallest absolute Gasteiger partial charge is 0.238 e. The van der Waals surface area contributed by atoms with Gasteiger partial charge in [0.2, 0.25) is 15.2 Å². The third kappa shape index (κ3) is 5.41. The van der Waals surface area contributed by atoms with Crippen LogP contribution in [0.1, 0.15) is 24.5 Å². The van der Waals surface area contributed by atoms with Crippen LogP contribution in [0, 0.1) is 0 Å². The van der Waals surface area contributed by atoms with Crippen molar-refractivity contribution in [1.82, 2.24) is 15.5 Å². The number of aromatic nitrogens is 2. The maximum absolute atomic E-state index is 12.0. The van der Waals surface area contributed by atoms with Crippen molar-refractivity contribution in [2.24, 2.45) is 0 Å². The van der Waals surface area contributed by atoms with E-state index in [1.54, 1.807) is 0 Å². The molecule has 1 aromatic heterocycles. The first kappa shape index (κ1) is 15.9. The summed E-state index contributed by atoms with van der Waals surface area (Å²) in [6.45, 7) is 3.89. The minimum Gasteiger partial charge on any atom is -0.313 e. The predicted octanol–water partition coefficient (Wildman–Crippen LogP) is 1.98. The lowest BCUT2D eigenvalue weighted by molar-refractivity contribution is 0.600. The Morgan fingerprint density at radius 3 is 2.52 bits per heavy atom. The minimum atomic E-state index is -3.45. The fraction of sp³-hybridized carbons (Fsp3) is 0.385. The quantitative estimate of drug-likeness (QED) is 0.725. The van der Waals surface area contributed by atoms with Gasteiger partial charge in [-0.3, -0.25) is 4.72 Å². The van der Waals surface area contributed by atoms with Gasteiger partial charge in [0.15, 0.2) is 0 Å². The van der Waals surface area contributed by atoms with Crippen LogP contribution < -0.4 is 10.0 Å². The Bertz CT molecular complexity index is 639. The summed E-state index contributed by atoms with van der Waals surface area (Å²) in [7, 11) is -3.45. The molecule has 0 amide bonds. The molecule has 1 heterocycles. The Morgan fingerprint density at radius 2 is 1.90 bits per heavy atom. The van der Waals surface area contributed by atoms with E-state index < -0.39 is 10.0 Å². The lowest BCUT2D eigenvalue weighted by Crippen LogP contribution is -2.15. The van der Waals surface area contributed by atoms with E-state index in [1.165, 1.54) is 5.51 Å². The molecule has 0 saturated carbocycles. The molecular weight excluding hydrogens is 308 g/mol. The van der Waals surface area contributed by atoms with E-state index in [-0.39, 0.29) is 10.9 Å². The van der Waals surface area contributed by atoms with Crippen LogP contribution >= 0.6 is 11.3 Å². The van der Waals surface area contributed by atoms with E-state index in [2.05, 4.69) is 27.2 Å². The number of sulfonamides is 1. The number of benzene rings is 1. The number of nitrogens with zero attached hydrogens (tertiary/aromatic N) is 2. The van der Waals surface area contributed by atoms with E-state index in [0.717, 1.165) is 42.0 Å². The highest BCUT2D eigenvalue weighted by molar-refractivity contribution is 7.92. The maximum atomic E-state index is 12.0. The second-order valence-electron chi connectivity index (χ2n) is 4.60. The lowest BCUT2D eigenvalue weighted by atomic mass is 10.1. The maximum Gasteiger partial charge on any atom is 0.238 e. The van der Waals surface area contributed by atoms with Crippen LogP contribution in [0.25, 0.3) is 0 Å². The van der Waals surface area contributed by atoms with Gasteiger partial charge < -0.3 is 5.32 Å². The molecule has 0 saturated heterocycles. The van der Waals surface area contributed by atoms with Gasteiger partial charge in [-0.05, 0) is 24.1 Å². The highest BCUT2D eigenvalue weighted by atomic mass is 32.2. The first-order valence-corrected chi connectivity index (χ1v) is 9.17. The molecule has 2 N–H and O–H groups in total. The Labute approximate surface area is 128 Å². The molecule has 0 aliphatic heterocycles. The van der Waals surface area contributed by atoms with Crippen molar-refractivity contribution in [2.45, 2.75) is 25.6 Å². The molecule has 0 atom stereocenters. The number of anilines is 1. The Balaban J connectivity index is 1.93. The van der Waals surface area contributed by atoms with Crippen LogP contribution in [0.2, 0.25) is 0 Å². The van der Waals surface area contributed by atoms with Gasteiger partial charge in [-0.1, -0.05) is 42.5 Å². The first-order valence-electron chi connectivity index (χ1n) is 6.64. The fourth-order valence-corrected chi connectivity index (χ4v) is 3.64. The molecule has 114 valence electrons. The van der Waals surface area contributed by atoms with Crippen molar-refractivity contribution in [3.63, 3.8) is 0 Å². The zero-order valence-electron chi connectivity index (χ0n) is 11.7. The third-order valence-corrected chi connectivity index (χ3v) is 4.69. The van der Waals surface area contributed by atoms with E-state index >= 15 is 0 Å². The molecule has 0 aliphatic carbocycles. The molecule has 0 aliphatic rings. The standard InChI is InChI=1S/C13H18N4O2S2/c1-2-7-14-8-11-3-5-12(6-4-11)9-21(18,19)17-13-16-15-10-20-13/h3-6,10,14H,2,7-9H2,1H3,(H,16,17). The SMILES string of the molecule is CCCNCc1ccc(CS(=O)(=O)Nc2nncs2)cc1.